The van der Waals surface area contributed by atoms with Crippen molar-refractivity contribution in [2.75, 3.05) is 10.8 Å². The van der Waals surface area contributed by atoms with Gasteiger partial charge in [-0.05, 0) is 92.1 Å². The van der Waals surface area contributed by atoms with Gasteiger partial charge in [0.05, 0.1) is 22.7 Å². The van der Waals surface area contributed by atoms with Gasteiger partial charge in [-0.25, -0.2) is 12.8 Å². The third-order valence-corrected chi connectivity index (χ3v) is 11.1. The van der Waals surface area contributed by atoms with E-state index in [0.29, 0.717) is 44.6 Å². The van der Waals surface area contributed by atoms with Gasteiger partial charge in [0.1, 0.15) is 29.7 Å². The predicted molar refractivity (Wildman–Crippen MR) is 147 cm³/mol. The Labute approximate surface area is 249 Å². The minimum absolute atomic E-state index is 0.00186. The van der Waals surface area contributed by atoms with Gasteiger partial charge >= 0.3 is 12.8 Å². The molecule has 7 rings (SSSR count). The molecule has 0 radical (unpaired) electrons. The monoisotopic (exact) mass is 639 g/mol. The molecule has 3 saturated carbocycles. The number of fused-ring (bicyclic) bond motifs is 4. The van der Waals surface area contributed by atoms with Crippen molar-refractivity contribution >= 4 is 22.0 Å². The lowest BCUT2D eigenvalue weighted by Gasteiger charge is -2.55. The molecule has 44 heavy (non-hydrogen) atoms. The first-order valence-corrected chi connectivity index (χ1v) is 15.4. The van der Waals surface area contributed by atoms with Crippen molar-refractivity contribution < 1.29 is 49.0 Å². The summed E-state index contributed by atoms with van der Waals surface area (Å²) >= 11 is 0. The SMILES string of the molecule is O=CC12CCC(C3CN(S(=O)(=O)c4cccc(C(F)(F)F)c4)c4cc(-c5cc(F)cc(OC(F)F)c5)ccc4O3)(CC1)CC2. The fourth-order valence-corrected chi connectivity index (χ4v) is 8.26. The van der Waals surface area contributed by atoms with Crippen LogP contribution in [0.5, 0.6) is 11.5 Å². The van der Waals surface area contributed by atoms with E-state index in [2.05, 4.69) is 4.74 Å². The van der Waals surface area contributed by atoms with Crippen LogP contribution < -0.4 is 13.8 Å². The molecule has 234 valence electrons. The number of carbonyl (C=O) groups is 1. The van der Waals surface area contributed by atoms with Crippen molar-refractivity contribution in [2.45, 2.75) is 62.3 Å². The molecule has 0 spiro atoms. The van der Waals surface area contributed by atoms with Crippen LogP contribution in [0.1, 0.15) is 44.1 Å². The zero-order valence-corrected chi connectivity index (χ0v) is 23.9. The molecule has 1 unspecified atom stereocenters. The number of ether oxygens (including phenoxy) is 2. The van der Waals surface area contributed by atoms with E-state index in [0.717, 1.165) is 47.0 Å². The molecule has 0 N–H and O–H groups in total. The molecule has 2 bridgehead atoms. The summed E-state index contributed by atoms with van der Waals surface area (Å²) in [6.45, 7) is -3.42. The van der Waals surface area contributed by atoms with Gasteiger partial charge in [0.2, 0.25) is 0 Å². The highest BCUT2D eigenvalue weighted by Gasteiger charge is 2.55. The lowest BCUT2D eigenvalue weighted by molar-refractivity contribution is -0.137. The van der Waals surface area contributed by atoms with E-state index in [1.54, 1.807) is 0 Å². The Balaban J connectivity index is 1.45. The van der Waals surface area contributed by atoms with Crippen LogP contribution in [0.15, 0.2) is 65.6 Å². The molecule has 1 aliphatic heterocycles. The van der Waals surface area contributed by atoms with Crippen LogP contribution in [-0.4, -0.2) is 34.0 Å². The van der Waals surface area contributed by atoms with Gasteiger partial charge in [-0.3, -0.25) is 4.31 Å². The number of sulfonamides is 1. The predicted octanol–water partition coefficient (Wildman–Crippen LogP) is 7.61. The van der Waals surface area contributed by atoms with Gasteiger partial charge < -0.3 is 14.3 Å². The standard InChI is InChI=1S/C31H27F6NO5S/c32-22-12-20(13-23(16-22)42-28(33)34)19-4-5-26-25(14-19)38(44(40,41)24-3-1-2-21(15-24)31(35,36)37)17-27(43-26)30-9-6-29(18-39,7-10-30)8-11-30/h1-5,12-16,18,27-28H,6-11,17H2. The lowest BCUT2D eigenvalue weighted by Crippen LogP contribution is -2.56. The number of benzene rings is 3. The molecule has 1 atom stereocenters. The molecular weight excluding hydrogens is 612 g/mol. The Bertz CT molecular complexity index is 1690. The Morgan fingerprint density at radius 1 is 0.932 bits per heavy atom. The van der Waals surface area contributed by atoms with Gasteiger partial charge in [-0.2, -0.15) is 22.0 Å². The van der Waals surface area contributed by atoms with Crippen LogP contribution in [0.3, 0.4) is 0 Å². The Morgan fingerprint density at radius 2 is 1.64 bits per heavy atom. The van der Waals surface area contributed by atoms with Crippen LogP contribution in [0.4, 0.5) is 32.0 Å². The quantitative estimate of drug-likeness (QED) is 0.197. The Morgan fingerprint density at radius 3 is 2.27 bits per heavy atom. The first-order chi connectivity index (χ1) is 20.7. The molecule has 3 aliphatic carbocycles. The van der Waals surface area contributed by atoms with Crippen molar-refractivity contribution in [2.24, 2.45) is 10.8 Å². The second kappa shape index (κ2) is 10.7. The third kappa shape index (κ3) is 5.39. The van der Waals surface area contributed by atoms with E-state index in [-0.39, 0.29) is 29.1 Å². The molecule has 0 saturated heterocycles. The zero-order chi connectivity index (χ0) is 31.5. The summed E-state index contributed by atoms with van der Waals surface area (Å²) in [6, 6.07) is 10.8. The van der Waals surface area contributed by atoms with Crippen LogP contribution in [-0.2, 0) is 21.0 Å². The Hall–Kier alpha value is -3.74. The van der Waals surface area contributed by atoms with E-state index in [1.165, 1.54) is 18.2 Å². The number of anilines is 1. The van der Waals surface area contributed by atoms with Gasteiger partial charge in [-0.1, -0.05) is 12.1 Å². The maximum Gasteiger partial charge on any atom is 0.416 e. The first-order valence-electron chi connectivity index (χ1n) is 14.0. The largest absolute Gasteiger partial charge is 0.486 e. The smallest absolute Gasteiger partial charge is 0.416 e. The minimum atomic E-state index is -4.78. The molecular formula is C31H27F6NO5S. The second-order valence-corrected chi connectivity index (χ2v) is 13.6. The number of nitrogens with zero attached hydrogens (tertiary/aromatic N) is 1. The summed E-state index contributed by atoms with van der Waals surface area (Å²) in [5.41, 5.74) is -1.64. The van der Waals surface area contributed by atoms with E-state index < -0.39 is 61.8 Å². The van der Waals surface area contributed by atoms with Crippen molar-refractivity contribution in [1.29, 1.82) is 0 Å². The number of carbonyl (C=O) groups excluding carboxylic acids is 1. The van der Waals surface area contributed by atoms with Gasteiger partial charge in [-0.15, -0.1) is 0 Å². The number of aldehydes is 1. The minimum Gasteiger partial charge on any atom is -0.486 e. The third-order valence-electron chi connectivity index (χ3n) is 9.30. The summed E-state index contributed by atoms with van der Waals surface area (Å²) in [5, 5.41) is 0. The summed E-state index contributed by atoms with van der Waals surface area (Å²) < 4.78 is 121. The summed E-state index contributed by atoms with van der Waals surface area (Å²) in [6.07, 6.45) is -0.684. The summed E-state index contributed by atoms with van der Waals surface area (Å²) in [7, 11) is -4.60. The number of alkyl halides is 5. The zero-order valence-electron chi connectivity index (χ0n) is 23.1. The lowest BCUT2D eigenvalue weighted by atomic mass is 9.52. The van der Waals surface area contributed by atoms with E-state index in [9.17, 15) is 39.6 Å². The van der Waals surface area contributed by atoms with E-state index in [1.807, 2.05) is 0 Å². The Kier molecular flexibility index (Phi) is 7.37. The molecule has 0 amide bonds. The summed E-state index contributed by atoms with van der Waals surface area (Å²) in [5.74, 6) is -1.17. The van der Waals surface area contributed by atoms with Crippen LogP contribution in [0, 0.1) is 16.6 Å². The van der Waals surface area contributed by atoms with Crippen LogP contribution in [0.25, 0.3) is 11.1 Å². The summed E-state index contributed by atoms with van der Waals surface area (Å²) in [4.78, 5) is 11.2. The van der Waals surface area contributed by atoms with Crippen LogP contribution in [0.2, 0.25) is 0 Å². The highest BCUT2D eigenvalue weighted by molar-refractivity contribution is 7.92. The number of rotatable bonds is 7. The molecule has 3 aromatic carbocycles. The number of halogens is 6. The van der Waals surface area contributed by atoms with Crippen molar-refractivity contribution in [1.82, 2.24) is 0 Å². The fourth-order valence-electron chi connectivity index (χ4n) is 6.74. The number of hydrogen-bond donors (Lipinski definition) is 0. The van der Waals surface area contributed by atoms with E-state index >= 15 is 0 Å². The molecule has 0 aromatic heterocycles. The van der Waals surface area contributed by atoms with Crippen LogP contribution >= 0.6 is 0 Å². The van der Waals surface area contributed by atoms with Gasteiger partial charge in [0.15, 0.2) is 0 Å². The molecule has 4 aliphatic rings. The van der Waals surface area contributed by atoms with Gasteiger partial charge in [0, 0.05) is 16.9 Å². The normalized spacial score (nSPS) is 25.0. The topological polar surface area (TPSA) is 72.9 Å². The molecule has 1 heterocycles. The second-order valence-electron chi connectivity index (χ2n) is 11.7. The average molecular weight is 640 g/mol. The van der Waals surface area contributed by atoms with E-state index in [4.69, 9.17) is 4.74 Å². The van der Waals surface area contributed by atoms with Gasteiger partial charge in [0.25, 0.3) is 10.0 Å². The molecule has 3 aromatic rings. The highest BCUT2D eigenvalue weighted by Crippen LogP contribution is 2.59. The molecule has 6 nitrogen and oxygen atoms in total. The molecule has 13 heteroatoms. The highest BCUT2D eigenvalue weighted by atomic mass is 32.2. The van der Waals surface area contributed by atoms with Crippen molar-refractivity contribution in [3.05, 3.63) is 72.0 Å². The first kappa shape index (κ1) is 30.3. The average Bonchev–Trinajstić information content (AvgIpc) is 3.00. The maximum atomic E-state index is 14.3. The molecule has 3 fully saturated rings. The fraction of sp³-hybridized carbons (Fsp3) is 0.387. The maximum absolute atomic E-state index is 14.3. The van der Waals surface area contributed by atoms with Crippen molar-refractivity contribution in [3.8, 4) is 22.6 Å². The van der Waals surface area contributed by atoms with Crippen molar-refractivity contribution in [3.63, 3.8) is 0 Å². The number of hydrogen-bond acceptors (Lipinski definition) is 5.